The van der Waals surface area contributed by atoms with Crippen LogP contribution < -0.4 is 5.32 Å². The van der Waals surface area contributed by atoms with Crippen LogP contribution in [0.15, 0.2) is 17.5 Å². The van der Waals surface area contributed by atoms with Gasteiger partial charge < -0.3 is 10.2 Å². The van der Waals surface area contributed by atoms with Crippen molar-refractivity contribution < 1.29 is 0 Å². The van der Waals surface area contributed by atoms with Crippen molar-refractivity contribution in [2.24, 2.45) is 5.92 Å². The average Bonchev–Trinajstić information content (AvgIpc) is 2.89. The van der Waals surface area contributed by atoms with Gasteiger partial charge in [0, 0.05) is 10.9 Å². The molecule has 2 aliphatic rings. The molecule has 1 aliphatic carbocycles. The molecule has 100 valence electrons. The zero-order valence-electron chi connectivity index (χ0n) is 11.1. The molecule has 1 aliphatic heterocycles. The fourth-order valence-corrected chi connectivity index (χ4v) is 3.86. The van der Waals surface area contributed by atoms with Gasteiger partial charge in [0.15, 0.2) is 0 Å². The lowest BCUT2D eigenvalue weighted by atomic mass is 10.1. The molecule has 1 aromatic heterocycles. The fraction of sp³-hybridized carbons (Fsp3) is 0.733. The normalized spacial score (nSPS) is 22.4. The molecule has 0 amide bonds. The predicted molar refractivity (Wildman–Crippen MR) is 78.1 cm³/mol. The summed E-state index contributed by atoms with van der Waals surface area (Å²) in [5, 5.41) is 6.00. The molecule has 0 bridgehead atoms. The summed E-state index contributed by atoms with van der Waals surface area (Å²) in [4.78, 5) is 4.15. The van der Waals surface area contributed by atoms with Crippen LogP contribution in [-0.4, -0.2) is 31.1 Å². The number of hydrogen-bond acceptors (Lipinski definition) is 3. The first-order chi connectivity index (χ1) is 8.93. The van der Waals surface area contributed by atoms with Crippen molar-refractivity contribution in [1.29, 1.82) is 0 Å². The molecule has 3 rings (SSSR count). The number of nitrogens with one attached hydrogen (secondary N) is 1. The highest BCUT2D eigenvalue weighted by molar-refractivity contribution is 7.10. The van der Waals surface area contributed by atoms with Gasteiger partial charge in [0.25, 0.3) is 0 Å². The van der Waals surface area contributed by atoms with Crippen molar-refractivity contribution in [3.63, 3.8) is 0 Å². The van der Waals surface area contributed by atoms with E-state index in [1.807, 2.05) is 11.3 Å². The summed E-state index contributed by atoms with van der Waals surface area (Å²) >= 11 is 1.91. The summed E-state index contributed by atoms with van der Waals surface area (Å²) in [7, 11) is 0. The van der Waals surface area contributed by atoms with Gasteiger partial charge in [0.1, 0.15) is 0 Å². The third-order valence-electron chi connectivity index (χ3n) is 4.16. The Bertz CT molecular complexity index is 339. The summed E-state index contributed by atoms with van der Waals surface area (Å²) in [5.74, 6) is 0.912. The Morgan fingerprint density at radius 3 is 2.83 bits per heavy atom. The minimum atomic E-state index is 0.642. The quantitative estimate of drug-likeness (QED) is 0.760. The Balaban J connectivity index is 1.40. The molecular formula is C15H24N2S. The second kappa shape index (κ2) is 6.18. The lowest BCUT2D eigenvalue weighted by Gasteiger charge is -2.19. The van der Waals surface area contributed by atoms with E-state index in [9.17, 15) is 0 Å². The molecule has 1 saturated heterocycles. The average molecular weight is 264 g/mol. The van der Waals surface area contributed by atoms with Gasteiger partial charge in [-0.2, -0.15) is 0 Å². The van der Waals surface area contributed by atoms with Gasteiger partial charge in [0.05, 0.1) is 0 Å². The Kier molecular flexibility index (Phi) is 4.34. The SMILES string of the molecule is c1csc(C(NCCCN2CCCC2)C2CC2)c1. The minimum absolute atomic E-state index is 0.642. The molecule has 0 aromatic carbocycles. The Hall–Kier alpha value is -0.380. The molecule has 0 spiro atoms. The summed E-state index contributed by atoms with van der Waals surface area (Å²) in [6.45, 7) is 5.12. The van der Waals surface area contributed by atoms with Crippen molar-refractivity contribution in [3.05, 3.63) is 22.4 Å². The molecule has 1 saturated carbocycles. The van der Waals surface area contributed by atoms with Crippen LogP contribution in [0.5, 0.6) is 0 Å². The van der Waals surface area contributed by atoms with E-state index in [2.05, 4.69) is 27.7 Å². The molecule has 2 heterocycles. The van der Waals surface area contributed by atoms with E-state index in [0.29, 0.717) is 6.04 Å². The largest absolute Gasteiger partial charge is 0.309 e. The second-order valence-electron chi connectivity index (χ2n) is 5.69. The predicted octanol–water partition coefficient (Wildman–Crippen LogP) is 3.27. The minimum Gasteiger partial charge on any atom is -0.309 e. The van der Waals surface area contributed by atoms with Crippen LogP contribution in [-0.2, 0) is 0 Å². The highest BCUT2D eigenvalue weighted by Gasteiger charge is 2.32. The lowest BCUT2D eigenvalue weighted by Crippen LogP contribution is -2.27. The molecule has 1 atom stereocenters. The van der Waals surface area contributed by atoms with Crippen LogP contribution >= 0.6 is 11.3 Å². The number of rotatable bonds is 7. The van der Waals surface area contributed by atoms with Crippen LogP contribution in [0.2, 0.25) is 0 Å². The number of thiophene rings is 1. The smallest absolute Gasteiger partial charge is 0.0443 e. The third-order valence-corrected chi connectivity index (χ3v) is 5.11. The Labute approximate surface area is 114 Å². The van der Waals surface area contributed by atoms with Crippen molar-refractivity contribution in [2.75, 3.05) is 26.2 Å². The highest BCUT2D eigenvalue weighted by Crippen LogP contribution is 2.42. The zero-order chi connectivity index (χ0) is 12.2. The first-order valence-electron chi connectivity index (χ1n) is 7.42. The zero-order valence-corrected chi connectivity index (χ0v) is 11.9. The lowest BCUT2D eigenvalue weighted by molar-refractivity contribution is 0.325. The van der Waals surface area contributed by atoms with Crippen molar-refractivity contribution in [1.82, 2.24) is 10.2 Å². The van der Waals surface area contributed by atoms with Crippen molar-refractivity contribution >= 4 is 11.3 Å². The maximum Gasteiger partial charge on any atom is 0.0443 e. The molecule has 3 heteroatoms. The summed E-state index contributed by atoms with van der Waals surface area (Å²) < 4.78 is 0. The molecular weight excluding hydrogens is 240 g/mol. The van der Waals surface area contributed by atoms with Crippen LogP contribution in [0, 0.1) is 5.92 Å². The summed E-state index contributed by atoms with van der Waals surface area (Å²) in [6, 6.07) is 5.12. The van der Waals surface area contributed by atoms with E-state index in [4.69, 9.17) is 0 Å². The monoisotopic (exact) mass is 264 g/mol. The van der Waals surface area contributed by atoms with Gasteiger partial charge in [-0.3, -0.25) is 0 Å². The molecule has 1 aromatic rings. The van der Waals surface area contributed by atoms with Gasteiger partial charge in [-0.1, -0.05) is 6.07 Å². The summed E-state index contributed by atoms with van der Waals surface area (Å²) in [5.41, 5.74) is 0. The summed E-state index contributed by atoms with van der Waals surface area (Å²) in [6.07, 6.45) is 6.96. The number of likely N-dealkylation sites (tertiary alicyclic amines) is 1. The van der Waals surface area contributed by atoms with E-state index in [0.717, 1.165) is 5.92 Å². The number of hydrogen-bond donors (Lipinski definition) is 1. The van der Waals surface area contributed by atoms with Crippen molar-refractivity contribution in [3.8, 4) is 0 Å². The molecule has 2 fully saturated rings. The highest BCUT2D eigenvalue weighted by atomic mass is 32.1. The van der Waals surface area contributed by atoms with Gasteiger partial charge in [-0.05, 0) is 75.6 Å². The van der Waals surface area contributed by atoms with E-state index >= 15 is 0 Å². The van der Waals surface area contributed by atoms with Gasteiger partial charge >= 0.3 is 0 Å². The van der Waals surface area contributed by atoms with Gasteiger partial charge in [-0.15, -0.1) is 11.3 Å². The van der Waals surface area contributed by atoms with Crippen LogP contribution in [0.1, 0.15) is 43.0 Å². The topological polar surface area (TPSA) is 15.3 Å². The van der Waals surface area contributed by atoms with Crippen LogP contribution in [0.25, 0.3) is 0 Å². The van der Waals surface area contributed by atoms with E-state index in [1.165, 1.54) is 58.3 Å². The van der Waals surface area contributed by atoms with E-state index < -0.39 is 0 Å². The van der Waals surface area contributed by atoms with Crippen molar-refractivity contribution in [2.45, 2.75) is 38.1 Å². The maximum atomic E-state index is 3.79. The molecule has 2 nitrogen and oxygen atoms in total. The van der Waals surface area contributed by atoms with Gasteiger partial charge in [0.2, 0.25) is 0 Å². The number of nitrogens with zero attached hydrogens (tertiary/aromatic N) is 1. The van der Waals surface area contributed by atoms with E-state index in [1.54, 1.807) is 4.88 Å². The molecule has 0 radical (unpaired) electrons. The Morgan fingerprint density at radius 1 is 1.33 bits per heavy atom. The van der Waals surface area contributed by atoms with Crippen LogP contribution in [0.4, 0.5) is 0 Å². The third kappa shape index (κ3) is 3.34. The van der Waals surface area contributed by atoms with Crippen LogP contribution in [0.3, 0.4) is 0 Å². The Morgan fingerprint density at radius 2 is 2.17 bits per heavy atom. The molecule has 1 N–H and O–H groups in total. The van der Waals surface area contributed by atoms with Gasteiger partial charge in [-0.25, -0.2) is 0 Å². The standard InChI is InChI=1S/C15H24N2S/c1-2-10-17(9-1)11-4-8-16-15(13-6-7-13)14-5-3-12-18-14/h3,5,12-13,15-16H,1-2,4,6-11H2. The fourth-order valence-electron chi connectivity index (χ4n) is 2.96. The second-order valence-corrected chi connectivity index (χ2v) is 6.67. The molecule has 18 heavy (non-hydrogen) atoms. The first kappa shape index (κ1) is 12.6. The first-order valence-corrected chi connectivity index (χ1v) is 8.30. The maximum absolute atomic E-state index is 3.79. The van der Waals surface area contributed by atoms with E-state index in [-0.39, 0.29) is 0 Å². The molecule has 1 unspecified atom stereocenters.